The van der Waals surface area contributed by atoms with Gasteiger partial charge in [0.05, 0.1) is 11.5 Å². The van der Waals surface area contributed by atoms with Crippen molar-refractivity contribution in [1.82, 2.24) is 0 Å². The standard InChI is InChI=1S/C11H9F2NO4/c1-2-18-11(15)10(13)9(12)7-3-5-8(6-4-7)14(16)17/h3-6H,2H2,1H3/b10-9-. The van der Waals surface area contributed by atoms with Gasteiger partial charge in [-0.3, -0.25) is 10.1 Å². The van der Waals surface area contributed by atoms with E-state index in [1.54, 1.807) is 0 Å². The molecule has 0 N–H and O–H groups in total. The van der Waals surface area contributed by atoms with Crippen LogP contribution < -0.4 is 0 Å². The lowest BCUT2D eigenvalue weighted by Crippen LogP contribution is -2.05. The van der Waals surface area contributed by atoms with E-state index in [0.717, 1.165) is 24.3 Å². The van der Waals surface area contributed by atoms with Gasteiger partial charge in [0, 0.05) is 17.7 Å². The third-order valence-electron chi connectivity index (χ3n) is 1.98. The topological polar surface area (TPSA) is 69.4 Å². The smallest absolute Gasteiger partial charge is 0.370 e. The second-order valence-electron chi connectivity index (χ2n) is 3.15. The van der Waals surface area contributed by atoms with Crippen LogP contribution in [0.15, 0.2) is 30.1 Å². The zero-order chi connectivity index (χ0) is 13.7. The van der Waals surface area contributed by atoms with Gasteiger partial charge in [-0.25, -0.2) is 9.18 Å². The number of nitro benzene ring substituents is 1. The Balaban J connectivity index is 3.02. The number of carbonyl (C=O) groups is 1. The van der Waals surface area contributed by atoms with Crippen molar-refractivity contribution < 1.29 is 23.2 Å². The second-order valence-corrected chi connectivity index (χ2v) is 3.15. The fourth-order valence-electron chi connectivity index (χ4n) is 1.14. The molecule has 0 saturated carbocycles. The van der Waals surface area contributed by atoms with E-state index in [1.807, 2.05) is 0 Å². The maximum Gasteiger partial charge on any atom is 0.370 e. The molecule has 0 atom stereocenters. The molecule has 0 heterocycles. The summed E-state index contributed by atoms with van der Waals surface area (Å²) in [6.07, 6.45) is 0. The molecule has 0 spiro atoms. The van der Waals surface area contributed by atoms with Crippen LogP contribution in [0.25, 0.3) is 5.83 Å². The van der Waals surface area contributed by atoms with Gasteiger partial charge in [-0.1, -0.05) is 0 Å². The van der Waals surface area contributed by atoms with Crippen molar-refractivity contribution in [2.45, 2.75) is 6.92 Å². The number of esters is 1. The number of halogens is 2. The average molecular weight is 257 g/mol. The summed E-state index contributed by atoms with van der Waals surface area (Å²) < 4.78 is 31.0. The van der Waals surface area contributed by atoms with Gasteiger partial charge in [0.15, 0.2) is 5.83 Å². The lowest BCUT2D eigenvalue weighted by atomic mass is 10.1. The first-order valence-electron chi connectivity index (χ1n) is 4.94. The van der Waals surface area contributed by atoms with E-state index in [4.69, 9.17) is 0 Å². The molecule has 0 saturated heterocycles. The third-order valence-corrected chi connectivity index (χ3v) is 1.98. The predicted molar refractivity (Wildman–Crippen MR) is 58.9 cm³/mol. The van der Waals surface area contributed by atoms with Crippen molar-refractivity contribution in [2.24, 2.45) is 0 Å². The van der Waals surface area contributed by atoms with Crippen molar-refractivity contribution in [3.63, 3.8) is 0 Å². The number of nitrogens with zero attached hydrogens (tertiary/aromatic N) is 1. The highest BCUT2D eigenvalue weighted by Gasteiger charge is 2.18. The summed E-state index contributed by atoms with van der Waals surface area (Å²) in [5.74, 6) is -4.48. The van der Waals surface area contributed by atoms with E-state index in [2.05, 4.69) is 4.74 Å². The van der Waals surface area contributed by atoms with Gasteiger partial charge in [0.2, 0.25) is 5.83 Å². The van der Waals surface area contributed by atoms with E-state index in [0.29, 0.717) is 0 Å². The summed E-state index contributed by atoms with van der Waals surface area (Å²) in [5.41, 5.74) is -0.533. The summed E-state index contributed by atoms with van der Waals surface area (Å²) >= 11 is 0. The number of rotatable bonds is 4. The first kappa shape index (κ1) is 13.8. The average Bonchev–Trinajstić information content (AvgIpc) is 2.37. The van der Waals surface area contributed by atoms with E-state index < -0.39 is 22.5 Å². The zero-order valence-corrected chi connectivity index (χ0v) is 9.35. The van der Waals surface area contributed by atoms with Gasteiger partial charge >= 0.3 is 5.97 Å². The molecular formula is C11H9F2NO4. The predicted octanol–water partition coefficient (Wildman–Crippen LogP) is 2.77. The van der Waals surface area contributed by atoms with E-state index in [1.165, 1.54) is 6.92 Å². The molecule has 0 aliphatic carbocycles. The Morgan fingerprint density at radius 1 is 1.33 bits per heavy atom. The molecule has 5 nitrogen and oxygen atoms in total. The molecule has 0 bridgehead atoms. The third kappa shape index (κ3) is 3.09. The monoisotopic (exact) mass is 257 g/mol. The largest absolute Gasteiger partial charge is 0.461 e. The summed E-state index contributed by atoms with van der Waals surface area (Å²) in [7, 11) is 0. The van der Waals surface area contributed by atoms with Crippen LogP contribution in [0.1, 0.15) is 12.5 Å². The number of carbonyl (C=O) groups excluding carboxylic acids is 1. The molecule has 0 unspecified atom stereocenters. The number of non-ortho nitro benzene ring substituents is 1. The van der Waals surface area contributed by atoms with E-state index in [-0.39, 0.29) is 17.9 Å². The minimum Gasteiger partial charge on any atom is -0.461 e. The molecular weight excluding hydrogens is 248 g/mol. The SMILES string of the molecule is CCOC(=O)/C(F)=C(/F)c1ccc([N+](=O)[O-])cc1. The van der Waals surface area contributed by atoms with Crippen molar-refractivity contribution in [2.75, 3.05) is 6.61 Å². The minimum atomic E-state index is -1.66. The first-order valence-corrected chi connectivity index (χ1v) is 4.94. The molecule has 0 fully saturated rings. The molecule has 0 aliphatic heterocycles. The lowest BCUT2D eigenvalue weighted by Gasteiger charge is -2.01. The fraction of sp³-hybridized carbons (Fsp3) is 0.182. The molecule has 1 aromatic carbocycles. The van der Waals surface area contributed by atoms with Gasteiger partial charge in [0.1, 0.15) is 0 Å². The lowest BCUT2D eigenvalue weighted by molar-refractivity contribution is -0.384. The van der Waals surface area contributed by atoms with E-state index in [9.17, 15) is 23.7 Å². The summed E-state index contributed by atoms with van der Waals surface area (Å²) in [6.45, 7) is 1.37. The number of hydrogen-bond acceptors (Lipinski definition) is 4. The maximum atomic E-state index is 13.5. The second kappa shape index (κ2) is 5.85. The van der Waals surface area contributed by atoms with Crippen LogP contribution in [-0.4, -0.2) is 17.5 Å². The summed E-state index contributed by atoms with van der Waals surface area (Å²) in [6, 6.07) is 4.03. The summed E-state index contributed by atoms with van der Waals surface area (Å²) in [4.78, 5) is 20.6. The van der Waals surface area contributed by atoms with Crippen molar-refractivity contribution in [3.05, 3.63) is 45.8 Å². The Hall–Kier alpha value is -2.31. The van der Waals surface area contributed by atoms with Gasteiger partial charge in [-0.05, 0) is 19.1 Å². The highest BCUT2D eigenvalue weighted by atomic mass is 19.2. The highest BCUT2D eigenvalue weighted by Crippen LogP contribution is 2.24. The van der Waals surface area contributed by atoms with E-state index >= 15 is 0 Å². The van der Waals surface area contributed by atoms with Crippen molar-refractivity contribution in [3.8, 4) is 0 Å². The van der Waals surface area contributed by atoms with Crippen LogP contribution in [-0.2, 0) is 9.53 Å². The van der Waals surface area contributed by atoms with Gasteiger partial charge < -0.3 is 4.74 Å². The molecule has 96 valence electrons. The van der Waals surface area contributed by atoms with Crippen molar-refractivity contribution >= 4 is 17.5 Å². The number of nitro groups is 1. The van der Waals surface area contributed by atoms with Gasteiger partial charge in [-0.2, -0.15) is 4.39 Å². The quantitative estimate of drug-likeness (QED) is 0.360. The van der Waals surface area contributed by atoms with Crippen LogP contribution in [0, 0.1) is 10.1 Å². The Morgan fingerprint density at radius 3 is 2.33 bits per heavy atom. The number of benzene rings is 1. The molecule has 1 aromatic rings. The molecule has 18 heavy (non-hydrogen) atoms. The van der Waals surface area contributed by atoms with Crippen LogP contribution in [0.3, 0.4) is 0 Å². The van der Waals surface area contributed by atoms with Crippen LogP contribution >= 0.6 is 0 Å². The molecule has 0 aliphatic rings. The molecule has 1 rings (SSSR count). The molecule has 7 heteroatoms. The van der Waals surface area contributed by atoms with Crippen molar-refractivity contribution in [1.29, 1.82) is 0 Å². The van der Waals surface area contributed by atoms with Crippen LogP contribution in [0.2, 0.25) is 0 Å². The Bertz CT molecular complexity index is 496. The van der Waals surface area contributed by atoms with Gasteiger partial charge in [-0.15, -0.1) is 0 Å². The zero-order valence-electron chi connectivity index (χ0n) is 9.35. The Morgan fingerprint density at radius 2 is 1.89 bits per heavy atom. The molecule has 0 amide bonds. The number of ether oxygens (including phenoxy) is 1. The van der Waals surface area contributed by atoms with Crippen LogP contribution in [0.5, 0.6) is 0 Å². The number of hydrogen-bond donors (Lipinski definition) is 0. The van der Waals surface area contributed by atoms with Crippen LogP contribution in [0.4, 0.5) is 14.5 Å². The Labute approximate surface area is 101 Å². The summed E-state index contributed by atoms with van der Waals surface area (Å²) in [5, 5.41) is 10.4. The minimum absolute atomic E-state index is 0.0835. The van der Waals surface area contributed by atoms with Gasteiger partial charge in [0.25, 0.3) is 5.69 Å². The normalized spacial score (nSPS) is 11.7. The first-order chi connectivity index (χ1) is 8.47. The highest BCUT2D eigenvalue weighted by molar-refractivity contribution is 5.93. The molecule has 0 radical (unpaired) electrons. The maximum absolute atomic E-state index is 13.5. The fourth-order valence-corrected chi connectivity index (χ4v) is 1.14. The molecule has 0 aromatic heterocycles. The Kier molecular flexibility index (Phi) is 4.47.